The lowest BCUT2D eigenvalue weighted by Gasteiger charge is -2.10. The van der Waals surface area contributed by atoms with Crippen LogP contribution in [0.2, 0.25) is 5.02 Å². The molecule has 0 radical (unpaired) electrons. The van der Waals surface area contributed by atoms with Crippen LogP contribution in [0, 0.1) is 14.9 Å². The third-order valence-corrected chi connectivity index (χ3v) is 5.12. The quantitative estimate of drug-likeness (QED) is 0.273. The second-order valence-corrected chi connectivity index (χ2v) is 7.10. The molecule has 0 fully saturated rings. The number of aromatic nitrogens is 3. The molecule has 30 heavy (non-hydrogen) atoms. The van der Waals surface area contributed by atoms with Gasteiger partial charge < -0.3 is 15.2 Å². The standard InChI is InChI=1S/C19H19ClN6O3S/c1-2-25-17(23-24-19(25)30)11-22-18(27)12-7-8-15(16(9-12)26(28)29)21-10-13-5-3-4-6-14(13)20/h3-9,21H,2,10-11H2,1H3,(H,22,27)(H,24,30). The summed E-state index contributed by atoms with van der Waals surface area (Å²) < 4.78 is 2.21. The summed E-state index contributed by atoms with van der Waals surface area (Å²) in [5.41, 5.74) is 1.07. The van der Waals surface area contributed by atoms with E-state index >= 15 is 0 Å². The maximum absolute atomic E-state index is 12.5. The maximum atomic E-state index is 12.5. The van der Waals surface area contributed by atoms with E-state index in [2.05, 4.69) is 20.8 Å². The molecule has 1 amide bonds. The van der Waals surface area contributed by atoms with Gasteiger partial charge >= 0.3 is 0 Å². The third-order valence-electron chi connectivity index (χ3n) is 4.44. The minimum absolute atomic E-state index is 0.139. The Morgan fingerprint density at radius 2 is 2.07 bits per heavy atom. The second kappa shape index (κ2) is 9.51. The van der Waals surface area contributed by atoms with E-state index in [-0.39, 0.29) is 17.8 Å². The number of hydrogen-bond acceptors (Lipinski definition) is 6. The first-order valence-corrected chi connectivity index (χ1v) is 9.87. The molecule has 3 aromatic rings. The molecule has 0 saturated heterocycles. The van der Waals surface area contributed by atoms with Gasteiger partial charge in [0.2, 0.25) is 0 Å². The molecule has 1 heterocycles. The highest BCUT2D eigenvalue weighted by molar-refractivity contribution is 7.71. The van der Waals surface area contributed by atoms with Crippen molar-refractivity contribution in [3.63, 3.8) is 0 Å². The predicted molar refractivity (Wildman–Crippen MR) is 116 cm³/mol. The Kier molecular flexibility index (Phi) is 6.80. The van der Waals surface area contributed by atoms with Crippen molar-refractivity contribution < 1.29 is 9.72 Å². The molecule has 0 unspecified atom stereocenters. The number of benzene rings is 2. The Labute approximate surface area is 182 Å². The van der Waals surface area contributed by atoms with Gasteiger partial charge in [-0.1, -0.05) is 29.8 Å². The molecule has 3 N–H and O–H groups in total. The summed E-state index contributed by atoms with van der Waals surface area (Å²) in [6, 6.07) is 11.5. The van der Waals surface area contributed by atoms with Gasteiger partial charge in [-0.3, -0.25) is 20.0 Å². The van der Waals surface area contributed by atoms with Crippen LogP contribution in [0.5, 0.6) is 0 Å². The SMILES string of the molecule is CCn1c(CNC(=O)c2ccc(NCc3ccccc3Cl)c([N+](=O)[O-])c2)n[nH]c1=S. The average molecular weight is 447 g/mol. The highest BCUT2D eigenvalue weighted by Crippen LogP contribution is 2.27. The van der Waals surface area contributed by atoms with Crippen molar-refractivity contribution in [3.8, 4) is 0 Å². The largest absolute Gasteiger partial charge is 0.375 e. The number of carbonyl (C=O) groups is 1. The fraction of sp³-hybridized carbons (Fsp3) is 0.211. The van der Waals surface area contributed by atoms with Gasteiger partial charge in [-0.2, -0.15) is 5.10 Å². The highest BCUT2D eigenvalue weighted by atomic mass is 35.5. The van der Waals surface area contributed by atoms with Gasteiger partial charge in [0.25, 0.3) is 11.6 Å². The first-order chi connectivity index (χ1) is 14.4. The maximum Gasteiger partial charge on any atom is 0.293 e. The molecule has 1 aromatic heterocycles. The van der Waals surface area contributed by atoms with Crippen molar-refractivity contribution in [1.29, 1.82) is 0 Å². The van der Waals surface area contributed by atoms with Crippen LogP contribution >= 0.6 is 23.8 Å². The number of nitro groups is 1. The summed E-state index contributed by atoms with van der Waals surface area (Å²) in [7, 11) is 0. The van der Waals surface area contributed by atoms with E-state index in [1.54, 1.807) is 10.6 Å². The Bertz CT molecular complexity index is 1140. The molecular formula is C19H19ClN6O3S. The minimum atomic E-state index is -0.534. The third kappa shape index (κ3) is 4.84. The molecule has 3 rings (SSSR count). The number of nitrogens with zero attached hydrogens (tertiary/aromatic N) is 3. The minimum Gasteiger partial charge on any atom is -0.375 e. The van der Waals surface area contributed by atoms with Crippen LogP contribution in [0.15, 0.2) is 42.5 Å². The van der Waals surface area contributed by atoms with Crippen LogP contribution in [-0.2, 0) is 19.6 Å². The molecule has 0 spiro atoms. The number of nitrogens with one attached hydrogen (secondary N) is 3. The lowest BCUT2D eigenvalue weighted by Crippen LogP contribution is -2.25. The number of amides is 1. The van der Waals surface area contributed by atoms with Gasteiger partial charge in [-0.05, 0) is 42.9 Å². The molecule has 2 aromatic carbocycles. The van der Waals surface area contributed by atoms with E-state index in [1.807, 2.05) is 25.1 Å². The van der Waals surface area contributed by atoms with Crippen molar-refractivity contribution in [2.24, 2.45) is 0 Å². The number of rotatable bonds is 8. The average Bonchev–Trinajstić information content (AvgIpc) is 3.10. The molecule has 11 heteroatoms. The monoisotopic (exact) mass is 446 g/mol. The summed E-state index contributed by atoms with van der Waals surface area (Å²) in [5.74, 6) is 0.121. The predicted octanol–water partition coefficient (Wildman–Crippen LogP) is 4.06. The smallest absolute Gasteiger partial charge is 0.293 e. The van der Waals surface area contributed by atoms with Crippen molar-refractivity contribution in [1.82, 2.24) is 20.1 Å². The second-order valence-electron chi connectivity index (χ2n) is 6.31. The Morgan fingerprint density at radius 1 is 1.30 bits per heavy atom. The highest BCUT2D eigenvalue weighted by Gasteiger charge is 2.18. The van der Waals surface area contributed by atoms with Crippen LogP contribution in [0.1, 0.15) is 28.7 Å². The zero-order valence-corrected chi connectivity index (χ0v) is 17.6. The molecule has 0 aliphatic rings. The summed E-state index contributed by atoms with van der Waals surface area (Å²) >= 11 is 11.2. The Morgan fingerprint density at radius 3 is 2.77 bits per heavy atom. The zero-order chi connectivity index (χ0) is 21.7. The van der Waals surface area contributed by atoms with Gasteiger partial charge in [0, 0.05) is 29.7 Å². The number of anilines is 1. The molecule has 0 aliphatic carbocycles. The number of aromatic amines is 1. The van der Waals surface area contributed by atoms with Crippen LogP contribution in [0.3, 0.4) is 0 Å². The molecule has 0 saturated carbocycles. The van der Waals surface area contributed by atoms with E-state index in [4.69, 9.17) is 23.8 Å². The van der Waals surface area contributed by atoms with E-state index in [0.29, 0.717) is 34.4 Å². The summed E-state index contributed by atoms with van der Waals surface area (Å²) in [6.07, 6.45) is 0. The van der Waals surface area contributed by atoms with E-state index in [9.17, 15) is 14.9 Å². The normalized spacial score (nSPS) is 10.6. The number of H-pyrrole nitrogens is 1. The lowest BCUT2D eigenvalue weighted by atomic mass is 10.1. The first kappa shape index (κ1) is 21.5. The first-order valence-electron chi connectivity index (χ1n) is 9.08. The van der Waals surface area contributed by atoms with Crippen molar-refractivity contribution in [2.45, 2.75) is 26.6 Å². The number of halogens is 1. The summed E-state index contributed by atoms with van der Waals surface area (Å²) in [4.78, 5) is 23.5. The molecule has 0 bridgehead atoms. The van der Waals surface area contributed by atoms with Gasteiger partial charge in [0.15, 0.2) is 10.6 Å². The molecule has 9 nitrogen and oxygen atoms in total. The van der Waals surface area contributed by atoms with Gasteiger partial charge in [0.1, 0.15) is 5.69 Å². The van der Waals surface area contributed by atoms with Crippen LogP contribution in [-0.4, -0.2) is 25.6 Å². The van der Waals surface area contributed by atoms with Crippen LogP contribution in [0.25, 0.3) is 0 Å². The molecule has 0 aliphatic heterocycles. The molecular weight excluding hydrogens is 428 g/mol. The summed E-state index contributed by atoms with van der Waals surface area (Å²) in [5, 5.41) is 24.5. The van der Waals surface area contributed by atoms with Crippen molar-refractivity contribution >= 4 is 41.1 Å². The molecule has 0 atom stereocenters. The fourth-order valence-corrected chi connectivity index (χ4v) is 3.36. The van der Waals surface area contributed by atoms with E-state index in [1.165, 1.54) is 18.2 Å². The lowest BCUT2D eigenvalue weighted by molar-refractivity contribution is -0.384. The zero-order valence-electron chi connectivity index (χ0n) is 16.0. The molecule has 156 valence electrons. The topological polar surface area (TPSA) is 118 Å². The van der Waals surface area contributed by atoms with Crippen molar-refractivity contribution in [3.05, 3.63) is 79.3 Å². The van der Waals surface area contributed by atoms with Gasteiger partial charge in [-0.25, -0.2) is 0 Å². The van der Waals surface area contributed by atoms with Gasteiger partial charge in [0.05, 0.1) is 11.5 Å². The number of carbonyl (C=O) groups excluding carboxylic acids is 1. The Hall–Kier alpha value is -3.24. The summed E-state index contributed by atoms with van der Waals surface area (Å²) in [6.45, 7) is 2.97. The number of hydrogen-bond donors (Lipinski definition) is 3. The van der Waals surface area contributed by atoms with Crippen molar-refractivity contribution in [2.75, 3.05) is 5.32 Å². The Balaban J connectivity index is 1.73. The van der Waals surface area contributed by atoms with Crippen LogP contribution in [0.4, 0.5) is 11.4 Å². The van der Waals surface area contributed by atoms with Crippen LogP contribution < -0.4 is 10.6 Å². The number of nitro benzene ring substituents is 1. The van der Waals surface area contributed by atoms with Gasteiger partial charge in [-0.15, -0.1) is 0 Å². The fourth-order valence-electron chi connectivity index (χ4n) is 2.88. The van der Waals surface area contributed by atoms with E-state index in [0.717, 1.165) is 5.56 Å². The van der Waals surface area contributed by atoms with E-state index < -0.39 is 10.8 Å².